The number of benzene rings is 1. The Morgan fingerprint density at radius 3 is 2.62 bits per heavy atom. The monoisotopic (exact) mass is 218 g/mol. The molecule has 1 rings (SSSR count). The van der Waals surface area contributed by atoms with Gasteiger partial charge in [0, 0.05) is 11.6 Å². The van der Waals surface area contributed by atoms with Gasteiger partial charge in [0.1, 0.15) is 0 Å². The minimum absolute atomic E-state index is 0.110. The zero-order chi connectivity index (χ0) is 12.0. The second-order valence-corrected chi connectivity index (χ2v) is 2.89. The Hall–Kier alpha value is -2.31. The average molecular weight is 218 g/mol. The summed E-state index contributed by atoms with van der Waals surface area (Å²) in [5.41, 5.74) is 1.04. The van der Waals surface area contributed by atoms with Crippen molar-refractivity contribution in [2.24, 2.45) is 4.99 Å². The number of rotatable bonds is 4. The molecular formula is C11H10N2O3. The van der Waals surface area contributed by atoms with E-state index >= 15 is 0 Å². The molecule has 0 aromatic heterocycles. The first-order chi connectivity index (χ1) is 7.76. The van der Waals surface area contributed by atoms with Crippen LogP contribution >= 0.6 is 0 Å². The molecule has 0 fully saturated rings. The van der Waals surface area contributed by atoms with E-state index in [1.165, 1.54) is 20.3 Å². The van der Waals surface area contributed by atoms with Crippen LogP contribution in [0, 0.1) is 11.3 Å². The van der Waals surface area contributed by atoms with Crippen LogP contribution in [-0.2, 0) is 11.3 Å². The average Bonchev–Trinajstić information content (AvgIpc) is 2.34. The predicted molar refractivity (Wildman–Crippen MR) is 56.1 cm³/mol. The molecular weight excluding hydrogens is 208 g/mol. The van der Waals surface area contributed by atoms with E-state index < -0.39 is 0 Å². The van der Waals surface area contributed by atoms with Crippen LogP contribution in [0.1, 0.15) is 11.1 Å². The van der Waals surface area contributed by atoms with E-state index in [-0.39, 0.29) is 6.54 Å². The smallest absolute Gasteiger partial charge is 0.235 e. The van der Waals surface area contributed by atoms with Gasteiger partial charge in [-0.05, 0) is 6.07 Å². The van der Waals surface area contributed by atoms with Crippen molar-refractivity contribution in [1.82, 2.24) is 0 Å². The minimum Gasteiger partial charge on any atom is -0.493 e. The van der Waals surface area contributed by atoms with Crippen molar-refractivity contribution in [3.05, 3.63) is 23.3 Å². The highest BCUT2D eigenvalue weighted by Crippen LogP contribution is 2.32. The predicted octanol–water partition coefficient (Wildman–Crippen LogP) is 1.41. The lowest BCUT2D eigenvalue weighted by Crippen LogP contribution is -1.96. The molecule has 82 valence electrons. The van der Waals surface area contributed by atoms with Gasteiger partial charge in [-0.25, -0.2) is 9.79 Å². The van der Waals surface area contributed by atoms with Crippen LogP contribution in [0.3, 0.4) is 0 Å². The van der Waals surface area contributed by atoms with Crippen LogP contribution in [0.4, 0.5) is 0 Å². The number of aliphatic imine (C=N–C) groups is 1. The van der Waals surface area contributed by atoms with Crippen molar-refractivity contribution in [3.8, 4) is 17.6 Å². The van der Waals surface area contributed by atoms with Crippen LogP contribution in [0.2, 0.25) is 0 Å². The van der Waals surface area contributed by atoms with Gasteiger partial charge in [-0.2, -0.15) is 5.26 Å². The molecule has 0 amide bonds. The summed E-state index contributed by atoms with van der Waals surface area (Å²) in [5, 5.41) is 8.82. The third-order valence-corrected chi connectivity index (χ3v) is 2.00. The number of carbonyl (C=O) groups excluding carboxylic acids is 1. The van der Waals surface area contributed by atoms with Crippen LogP contribution in [0.5, 0.6) is 11.5 Å². The molecule has 0 N–H and O–H groups in total. The van der Waals surface area contributed by atoms with E-state index in [1.54, 1.807) is 12.1 Å². The number of hydrogen-bond acceptors (Lipinski definition) is 5. The highest BCUT2D eigenvalue weighted by Gasteiger charge is 2.11. The van der Waals surface area contributed by atoms with Gasteiger partial charge in [-0.1, -0.05) is 0 Å². The number of isocyanates is 1. The fraction of sp³-hybridized carbons (Fsp3) is 0.273. The number of nitrogens with zero attached hydrogens (tertiary/aromatic N) is 2. The van der Waals surface area contributed by atoms with Gasteiger partial charge in [0.15, 0.2) is 11.5 Å². The SMILES string of the molecule is COc1cc(C#N)cc(CN=C=O)c1OC. The fourth-order valence-corrected chi connectivity index (χ4v) is 1.34. The van der Waals surface area contributed by atoms with Gasteiger partial charge in [0.25, 0.3) is 0 Å². The van der Waals surface area contributed by atoms with E-state index in [1.807, 2.05) is 6.07 Å². The van der Waals surface area contributed by atoms with Crippen LogP contribution in [-0.4, -0.2) is 20.3 Å². The summed E-state index contributed by atoms with van der Waals surface area (Å²) in [6.45, 7) is 0.110. The maximum atomic E-state index is 10.1. The molecule has 16 heavy (non-hydrogen) atoms. The minimum atomic E-state index is 0.110. The Kier molecular flexibility index (Phi) is 4.07. The molecule has 5 heteroatoms. The first-order valence-electron chi connectivity index (χ1n) is 4.45. The molecule has 0 heterocycles. The maximum absolute atomic E-state index is 10.1. The molecule has 0 aliphatic rings. The molecule has 0 aliphatic heterocycles. The van der Waals surface area contributed by atoms with Crippen LogP contribution < -0.4 is 9.47 Å². The third kappa shape index (κ3) is 2.38. The summed E-state index contributed by atoms with van der Waals surface area (Å²) >= 11 is 0. The van der Waals surface area contributed by atoms with Crippen molar-refractivity contribution < 1.29 is 14.3 Å². The van der Waals surface area contributed by atoms with E-state index in [0.29, 0.717) is 22.6 Å². The summed E-state index contributed by atoms with van der Waals surface area (Å²) in [6, 6.07) is 5.16. The molecule has 1 aromatic carbocycles. The van der Waals surface area contributed by atoms with Gasteiger partial charge < -0.3 is 9.47 Å². The Balaban J connectivity index is 3.31. The molecule has 5 nitrogen and oxygen atoms in total. The second-order valence-electron chi connectivity index (χ2n) is 2.89. The van der Waals surface area contributed by atoms with E-state index in [0.717, 1.165) is 0 Å². The highest BCUT2D eigenvalue weighted by atomic mass is 16.5. The zero-order valence-electron chi connectivity index (χ0n) is 8.98. The normalized spacial score (nSPS) is 8.81. The van der Waals surface area contributed by atoms with Gasteiger partial charge in [0.05, 0.1) is 32.4 Å². The number of nitriles is 1. The van der Waals surface area contributed by atoms with Crippen molar-refractivity contribution in [2.45, 2.75) is 6.54 Å². The van der Waals surface area contributed by atoms with Crippen molar-refractivity contribution >= 4 is 6.08 Å². The molecule has 0 bridgehead atoms. The lowest BCUT2D eigenvalue weighted by Gasteiger charge is -2.11. The first kappa shape index (κ1) is 11.8. The largest absolute Gasteiger partial charge is 0.493 e. The first-order valence-corrected chi connectivity index (χ1v) is 4.45. The van der Waals surface area contributed by atoms with Gasteiger partial charge in [-0.3, -0.25) is 0 Å². The highest BCUT2D eigenvalue weighted by molar-refractivity contribution is 5.53. The van der Waals surface area contributed by atoms with Crippen molar-refractivity contribution in [3.63, 3.8) is 0 Å². The molecule has 0 saturated carbocycles. The molecule has 0 aliphatic carbocycles. The lowest BCUT2D eigenvalue weighted by atomic mass is 10.1. The summed E-state index contributed by atoms with van der Waals surface area (Å²) in [4.78, 5) is 13.5. The molecule has 0 radical (unpaired) electrons. The Morgan fingerprint density at radius 2 is 2.12 bits per heavy atom. The lowest BCUT2D eigenvalue weighted by molar-refractivity contribution is 0.351. The quantitative estimate of drug-likeness (QED) is 0.565. The third-order valence-electron chi connectivity index (χ3n) is 2.00. The standard InChI is InChI=1S/C11H10N2O3/c1-15-10-4-8(5-12)3-9(6-13-7-14)11(10)16-2/h3-4H,6H2,1-2H3. The fourth-order valence-electron chi connectivity index (χ4n) is 1.34. The topological polar surface area (TPSA) is 71.7 Å². The zero-order valence-corrected chi connectivity index (χ0v) is 8.98. The molecule has 0 saturated heterocycles. The Labute approximate surface area is 92.9 Å². The maximum Gasteiger partial charge on any atom is 0.235 e. The molecule has 0 unspecified atom stereocenters. The summed E-state index contributed by atoms with van der Waals surface area (Å²) < 4.78 is 10.2. The number of hydrogen-bond donors (Lipinski definition) is 0. The number of methoxy groups -OCH3 is 2. The van der Waals surface area contributed by atoms with E-state index in [2.05, 4.69) is 4.99 Å². The van der Waals surface area contributed by atoms with Crippen LogP contribution in [0.15, 0.2) is 17.1 Å². The van der Waals surface area contributed by atoms with Gasteiger partial charge >= 0.3 is 0 Å². The second kappa shape index (κ2) is 5.54. The molecule has 0 spiro atoms. The summed E-state index contributed by atoms with van der Waals surface area (Å²) in [6.07, 6.45) is 1.44. The van der Waals surface area contributed by atoms with Gasteiger partial charge in [-0.15, -0.1) is 0 Å². The molecule has 1 aromatic rings. The summed E-state index contributed by atoms with van der Waals surface area (Å²) in [5.74, 6) is 0.915. The van der Waals surface area contributed by atoms with Crippen molar-refractivity contribution in [1.29, 1.82) is 5.26 Å². The van der Waals surface area contributed by atoms with Gasteiger partial charge in [0.2, 0.25) is 6.08 Å². The van der Waals surface area contributed by atoms with E-state index in [9.17, 15) is 4.79 Å². The molecule has 0 atom stereocenters. The Morgan fingerprint density at radius 1 is 1.38 bits per heavy atom. The summed E-state index contributed by atoms with van der Waals surface area (Å²) in [7, 11) is 2.96. The van der Waals surface area contributed by atoms with Crippen LogP contribution in [0.25, 0.3) is 0 Å². The Bertz CT molecular complexity index is 471. The number of ether oxygens (including phenoxy) is 2. The van der Waals surface area contributed by atoms with E-state index in [4.69, 9.17) is 14.7 Å². The van der Waals surface area contributed by atoms with Crippen molar-refractivity contribution in [2.75, 3.05) is 14.2 Å².